The van der Waals surface area contributed by atoms with Gasteiger partial charge in [-0.2, -0.15) is 13.2 Å². The zero-order valence-corrected chi connectivity index (χ0v) is 8.11. The van der Waals surface area contributed by atoms with E-state index in [4.69, 9.17) is 5.73 Å². The van der Waals surface area contributed by atoms with Crippen molar-refractivity contribution in [2.75, 3.05) is 0 Å². The van der Waals surface area contributed by atoms with Gasteiger partial charge in [0.05, 0.1) is 6.42 Å². The molecule has 0 unspecified atom stereocenters. The lowest BCUT2D eigenvalue weighted by molar-refractivity contribution is -0.138. The lowest BCUT2D eigenvalue weighted by atomic mass is 10.1. The van der Waals surface area contributed by atoms with Crippen molar-refractivity contribution >= 4 is 12.4 Å². The summed E-state index contributed by atoms with van der Waals surface area (Å²) in [5.41, 5.74) is 5.87. The number of benzene rings is 1. The summed E-state index contributed by atoms with van der Waals surface area (Å²) in [5, 5.41) is 0. The van der Waals surface area contributed by atoms with E-state index in [9.17, 15) is 13.2 Å². The molecule has 0 saturated carbocycles. The largest absolute Gasteiger partial charge is 0.390 e. The van der Waals surface area contributed by atoms with Crippen LogP contribution in [0.1, 0.15) is 18.0 Å². The van der Waals surface area contributed by atoms with E-state index in [0.717, 1.165) is 0 Å². The molecule has 0 amide bonds. The van der Waals surface area contributed by atoms with Gasteiger partial charge in [0.1, 0.15) is 0 Å². The van der Waals surface area contributed by atoms with Crippen LogP contribution in [0.5, 0.6) is 0 Å². The molecule has 1 rings (SSSR count). The Hall–Kier alpha value is -0.740. The van der Waals surface area contributed by atoms with Crippen molar-refractivity contribution in [3.63, 3.8) is 0 Å². The van der Waals surface area contributed by atoms with Crippen molar-refractivity contribution in [2.24, 2.45) is 5.73 Å². The highest BCUT2D eigenvalue weighted by atomic mass is 35.5. The minimum absolute atomic E-state index is 0. The Morgan fingerprint density at radius 1 is 1.14 bits per heavy atom. The number of halogens is 4. The predicted molar refractivity (Wildman–Crippen MR) is 51.3 cm³/mol. The molecule has 0 aromatic heterocycles. The van der Waals surface area contributed by atoms with Crippen LogP contribution in [0.15, 0.2) is 30.3 Å². The first kappa shape index (κ1) is 13.3. The average molecular weight is 226 g/mol. The van der Waals surface area contributed by atoms with Crippen molar-refractivity contribution in [2.45, 2.75) is 18.6 Å². The van der Waals surface area contributed by atoms with Crippen molar-refractivity contribution in [1.82, 2.24) is 0 Å². The van der Waals surface area contributed by atoms with Gasteiger partial charge in [0, 0.05) is 6.04 Å². The molecule has 2 N–H and O–H groups in total. The third-order valence-corrected chi connectivity index (χ3v) is 1.68. The molecule has 1 atom stereocenters. The van der Waals surface area contributed by atoms with E-state index in [1.165, 1.54) is 0 Å². The summed E-state index contributed by atoms with van der Waals surface area (Å²) in [6, 6.07) is 7.31. The maximum atomic E-state index is 11.9. The summed E-state index contributed by atoms with van der Waals surface area (Å²) in [4.78, 5) is 0. The van der Waals surface area contributed by atoms with Gasteiger partial charge >= 0.3 is 6.18 Å². The lowest BCUT2D eigenvalue weighted by Gasteiger charge is -2.13. The highest BCUT2D eigenvalue weighted by Crippen LogP contribution is 2.27. The van der Waals surface area contributed by atoms with E-state index in [-0.39, 0.29) is 12.4 Å². The molecule has 0 heterocycles. The summed E-state index contributed by atoms with van der Waals surface area (Å²) in [6.45, 7) is 0. The molecule has 1 aromatic rings. The summed E-state index contributed by atoms with van der Waals surface area (Å²) in [6.07, 6.45) is -5.17. The maximum absolute atomic E-state index is 11.9. The lowest BCUT2D eigenvalue weighted by Crippen LogP contribution is -2.20. The molecule has 80 valence electrons. The Labute approximate surface area is 86.5 Å². The van der Waals surface area contributed by atoms with E-state index in [1.54, 1.807) is 30.3 Å². The monoisotopic (exact) mass is 225 g/mol. The summed E-state index contributed by atoms with van der Waals surface area (Å²) < 4.78 is 35.7. The first-order chi connectivity index (χ1) is 5.99. The minimum Gasteiger partial charge on any atom is -0.324 e. The second-order valence-corrected chi connectivity index (χ2v) is 2.84. The average Bonchev–Trinajstić information content (AvgIpc) is 2.03. The van der Waals surface area contributed by atoms with Crippen molar-refractivity contribution in [3.05, 3.63) is 35.9 Å². The Bertz CT molecular complexity index is 261. The number of hydrogen-bond donors (Lipinski definition) is 1. The molecule has 0 aliphatic heterocycles. The van der Waals surface area contributed by atoms with Crippen LogP contribution in [0.2, 0.25) is 0 Å². The van der Waals surface area contributed by atoms with Crippen LogP contribution in [0, 0.1) is 0 Å². The van der Waals surface area contributed by atoms with E-state index < -0.39 is 18.6 Å². The highest BCUT2D eigenvalue weighted by molar-refractivity contribution is 5.85. The van der Waals surface area contributed by atoms with Crippen LogP contribution < -0.4 is 5.73 Å². The fourth-order valence-electron chi connectivity index (χ4n) is 1.07. The van der Waals surface area contributed by atoms with Gasteiger partial charge in [0.15, 0.2) is 0 Å². The molecule has 0 radical (unpaired) electrons. The number of nitrogens with two attached hydrogens (primary N) is 1. The fourth-order valence-corrected chi connectivity index (χ4v) is 1.07. The van der Waals surface area contributed by atoms with Gasteiger partial charge in [-0.1, -0.05) is 30.3 Å². The predicted octanol–water partition coefficient (Wildman–Crippen LogP) is 3.06. The van der Waals surface area contributed by atoms with Crippen LogP contribution >= 0.6 is 12.4 Å². The third-order valence-electron chi connectivity index (χ3n) is 1.68. The molecule has 0 saturated heterocycles. The molecule has 0 bridgehead atoms. The normalized spacial score (nSPS) is 13.1. The zero-order chi connectivity index (χ0) is 9.90. The van der Waals surface area contributed by atoms with Gasteiger partial charge in [0.2, 0.25) is 0 Å². The van der Waals surface area contributed by atoms with Crippen LogP contribution in [0.3, 0.4) is 0 Å². The standard InChI is InChI=1S/C9H10F3N.ClH/c10-9(11,12)6-8(13)7-4-2-1-3-5-7;/h1-5,8H,6,13H2;1H/t8-;/m0./s1. The summed E-state index contributed by atoms with van der Waals surface area (Å²) in [7, 11) is 0. The first-order valence-electron chi connectivity index (χ1n) is 3.86. The molecule has 0 aliphatic carbocycles. The third kappa shape index (κ3) is 4.48. The Kier molecular flexibility index (Phi) is 4.94. The maximum Gasteiger partial charge on any atom is 0.390 e. The van der Waals surface area contributed by atoms with E-state index >= 15 is 0 Å². The summed E-state index contributed by atoms with van der Waals surface area (Å²) in [5.74, 6) is 0. The Balaban J connectivity index is 0.00000169. The molecular weight excluding hydrogens is 215 g/mol. The van der Waals surface area contributed by atoms with E-state index in [1.807, 2.05) is 0 Å². The second kappa shape index (κ2) is 5.22. The number of hydrogen-bond acceptors (Lipinski definition) is 1. The van der Waals surface area contributed by atoms with Gasteiger partial charge in [0.25, 0.3) is 0 Å². The van der Waals surface area contributed by atoms with Crippen LogP contribution in [0.4, 0.5) is 13.2 Å². The van der Waals surface area contributed by atoms with Crippen LogP contribution in [-0.4, -0.2) is 6.18 Å². The molecule has 5 heteroatoms. The molecule has 14 heavy (non-hydrogen) atoms. The van der Waals surface area contributed by atoms with Crippen molar-refractivity contribution < 1.29 is 13.2 Å². The van der Waals surface area contributed by atoms with Gasteiger partial charge in [-0.15, -0.1) is 12.4 Å². The Morgan fingerprint density at radius 2 is 1.64 bits per heavy atom. The minimum atomic E-state index is -4.20. The topological polar surface area (TPSA) is 26.0 Å². The van der Waals surface area contributed by atoms with Crippen LogP contribution in [-0.2, 0) is 0 Å². The molecule has 0 fully saturated rings. The van der Waals surface area contributed by atoms with E-state index in [0.29, 0.717) is 5.56 Å². The quantitative estimate of drug-likeness (QED) is 0.823. The van der Waals surface area contributed by atoms with Crippen molar-refractivity contribution in [1.29, 1.82) is 0 Å². The smallest absolute Gasteiger partial charge is 0.324 e. The van der Waals surface area contributed by atoms with Crippen molar-refractivity contribution in [3.8, 4) is 0 Å². The molecule has 1 nitrogen and oxygen atoms in total. The van der Waals surface area contributed by atoms with Gasteiger partial charge in [-0.05, 0) is 5.56 Å². The first-order valence-corrected chi connectivity index (χ1v) is 3.86. The number of rotatable bonds is 2. The highest BCUT2D eigenvalue weighted by Gasteiger charge is 2.30. The molecule has 0 aliphatic rings. The number of alkyl halides is 3. The summed E-state index contributed by atoms with van der Waals surface area (Å²) >= 11 is 0. The van der Waals surface area contributed by atoms with Crippen LogP contribution in [0.25, 0.3) is 0 Å². The zero-order valence-electron chi connectivity index (χ0n) is 7.29. The Morgan fingerprint density at radius 3 is 2.07 bits per heavy atom. The second-order valence-electron chi connectivity index (χ2n) is 2.84. The molecule has 1 aromatic carbocycles. The van der Waals surface area contributed by atoms with E-state index in [2.05, 4.69) is 0 Å². The molecular formula is C9H11ClF3N. The van der Waals surface area contributed by atoms with Gasteiger partial charge in [-0.3, -0.25) is 0 Å². The fraction of sp³-hybridized carbons (Fsp3) is 0.333. The van der Waals surface area contributed by atoms with Gasteiger partial charge in [-0.25, -0.2) is 0 Å². The SMILES string of the molecule is Cl.N[C@@H](CC(F)(F)F)c1ccccc1. The van der Waals surface area contributed by atoms with Gasteiger partial charge < -0.3 is 5.73 Å². The molecule has 0 spiro atoms.